The highest BCUT2D eigenvalue weighted by molar-refractivity contribution is 7.18. The first kappa shape index (κ1) is 25.3. The predicted octanol–water partition coefficient (Wildman–Crippen LogP) is 3.84. The molecule has 0 bridgehead atoms. The van der Waals surface area contributed by atoms with Gasteiger partial charge in [-0.05, 0) is 43.3 Å². The minimum Gasteiger partial charge on any atom is -0.443 e. The SMILES string of the molecule is C[C@H](C(N)=O)N(c1ccc(F)cc1)c1nc(N)c(C(=O)c2cc(COC(=O)Nc3ccccc3)no2)s1. The highest BCUT2D eigenvalue weighted by Crippen LogP contribution is 2.36. The molecule has 0 saturated heterocycles. The number of nitrogen functional groups attached to an aromatic ring is 1. The zero-order chi connectivity index (χ0) is 26.5. The fourth-order valence-electron chi connectivity index (χ4n) is 3.23. The van der Waals surface area contributed by atoms with Crippen LogP contribution in [-0.2, 0) is 16.1 Å². The topological polar surface area (TPSA) is 167 Å². The Bertz CT molecular complexity index is 1420. The number of thiazole rings is 1. The van der Waals surface area contributed by atoms with Crippen LogP contribution >= 0.6 is 11.3 Å². The Hall–Kier alpha value is -4.78. The van der Waals surface area contributed by atoms with Gasteiger partial charge in [-0.1, -0.05) is 34.7 Å². The Morgan fingerprint density at radius 3 is 2.54 bits per heavy atom. The van der Waals surface area contributed by atoms with Crippen molar-refractivity contribution >= 4 is 51.4 Å². The van der Waals surface area contributed by atoms with Gasteiger partial charge in [-0.25, -0.2) is 14.2 Å². The lowest BCUT2D eigenvalue weighted by atomic mass is 10.2. The smallest absolute Gasteiger partial charge is 0.412 e. The first-order chi connectivity index (χ1) is 17.7. The van der Waals surface area contributed by atoms with Gasteiger partial charge >= 0.3 is 6.09 Å². The molecule has 11 nitrogen and oxygen atoms in total. The summed E-state index contributed by atoms with van der Waals surface area (Å²) < 4.78 is 23.7. The van der Waals surface area contributed by atoms with Gasteiger partial charge in [-0.3, -0.25) is 14.9 Å². The fraction of sp³-hybridized carbons (Fsp3) is 0.125. The Morgan fingerprint density at radius 2 is 1.86 bits per heavy atom. The number of ketones is 1. The molecule has 0 fully saturated rings. The number of halogens is 1. The highest BCUT2D eigenvalue weighted by Gasteiger charge is 2.28. The lowest BCUT2D eigenvalue weighted by Gasteiger charge is -2.26. The molecule has 5 N–H and O–H groups in total. The van der Waals surface area contributed by atoms with E-state index in [1.54, 1.807) is 31.2 Å². The van der Waals surface area contributed by atoms with Gasteiger partial charge in [0.1, 0.15) is 34.9 Å². The molecular formula is C24H21FN6O5S. The Labute approximate surface area is 213 Å². The van der Waals surface area contributed by atoms with Gasteiger partial charge in [0.2, 0.25) is 17.5 Å². The van der Waals surface area contributed by atoms with E-state index in [4.69, 9.17) is 20.7 Å². The van der Waals surface area contributed by atoms with Crippen LogP contribution in [0.5, 0.6) is 0 Å². The Kier molecular flexibility index (Phi) is 7.44. The molecule has 4 rings (SSSR count). The number of carbonyl (C=O) groups excluding carboxylic acids is 3. The van der Waals surface area contributed by atoms with Crippen molar-refractivity contribution in [3.8, 4) is 0 Å². The number of nitrogens with two attached hydrogens (primary N) is 2. The number of hydrogen-bond acceptors (Lipinski definition) is 10. The maximum absolute atomic E-state index is 13.4. The molecule has 13 heteroatoms. The van der Waals surface area contributed by atoms with Gasteiger partial charge in [-0.2, -0.15) is 0 Å². The van der Waals surface area contributed by atoms with Crippen LogP contribution in [0.4, 0.5) is 31.5 Å². The first-order valence-electron chi connectivity index (χ1n) is 10.8. The van der Waals surface area contributed by atoms with Gasteiger partial charge in [0.05, 0.1) is 0 Å². The molecule has 1 atom stereocenters. The summed E-state index contributed by atoms with van der Waals surface area (Å²) in [7, 11) is 0. The standard InChI is InChI=1S/C24H21FN6O5S/c1-13(22(27)33)31(17-9-7-14(25)8-10-17)23-29-21(26)20(37-23)19(32)18-11-16(30-36-18)12-35-24(34)28-15-5-3-2-4-6-15/h2-11,13H,12,26H2,1H3,(H2,27,33)(H,28,34)/t13-/m1/s1. The predicted molar refractivity (Wildman–Crippen MR) is 134 cm³/mol. The van der Waals surface area contributed by atoms with Gasteiger partial charge in [-0.15, -0.1) is 0 Å². The van der Waals surface area contributed by atoms with E-state index in [9.17, 15) is 18.8 Å². The molecule has 2 heterocycles. The third-order valence-corrected chi connectivity index (χ3v) is 6.18. The Morgan fingerprint density at radius 1 is 1.16 bits per heavy atom. The zero-order valence-corrected chi connectivity index (χ0v) is 20.2. The van der Waals surface area contributed by atoms with Gasteiger partial charge < -0.3 is 25.6 Å². The number of nitrogens with zero attached hydrogens (tertiary/aromatic N) is 3. The molecule has 190 valence electrons. The minimum absolute atomic E-state index is 0.0317. The summed E-state index contributed by atoms with van der Waals surface area (Å²) in [5.41, 5.74) is 12.7. The second-order valence-corrected chi connectivity index (χ2v) is 8.69. The monoisotopic (exact) mass is 524 g/mol. The zero-order valence-electron chi connectivity index (χ0n) is 19.4. The molecule has 0 radical (unpaired) electrons. The number of carbonyl (C=O) groups is 3. The fourth-order valence-corrected chi connectivity index (χ4v) is 4.26. The molecule has 0 aliphatic rings. The summed E-state index contributed by atoms with van der Waals surface area (Å²) in [6, 6.07) is 14.5. The van der Waals surface area contributed by atoms with E-state index in [1.807, 2.05) is 6.07 Å². The highest BCUT2D eigenvalue weighted by atomic mass is 32.1. The Balaban J connectivity index is 1.49. The second-order valence-electron chi connectivity index (χ2n) is 7.71. The van der Waals surface area contributed by atoms with Crippen LogP contribution < -0.4 is 21.7 Å². The summed E-state index contributed by atoms with van der Waals surface area (Å²) in [6.45, 7) is 1.30. The van der Waals surface area contributed by atoms with Crippen molar-refractivity contribution in [1.29, 1.82) is 0 Å². The minimum atomic E-state index is -0.880. The number of primary amides is 1. The molecule has 0 aliphatic carbocycles. The van der Waals surface area contributed by atoms with E-state index >= 15 is 0 Å². The van der Waals surface area contributed by atoms with Gasteiger partial charge in [0, 0.05) is 17.4 Å². The van der Waals surface area contributed by atoms with Crippen molar-refractivity contribution in [2.24, 2.45) is 5.73 Å². The van der Waals surface area contributed by atoms with E-state index in [-0.39, 0.29) is 33.9 Å². The van der Waals surface area contributed by atoms with Crippen LogP contribution in [0.15, 0.2) is 65.2 Å². The van der Waals surface area contributed by atoms with Crippen LogP contribution in [0.1, 0.15) is 28.0 Å². The normalized spacial score (nSPS) is 11.5. The number of para-hydroxylation sites is 1. The molecule has 0 spiro atoms. The third-order valence-electron chi connectivity index (χ3n) is 5.11. The van der Waals surface area contributed by atoms with Crippen LogP contribution in [0.2, 0.25) is 0 Å². The first-order valence-corrected chi connectivity index (χ1v) is 11.6. The van der Waals surface area contributed by atoms with Crippen molar-refractivity contribution in [2.45, 2.75) is 19.6 Å². The maximum Gasteiger partial charge on any atom is 0.412 e. The van der Waals surface area contributed by atoms with Gasteiger partial charge in [0.15, 0.2) is 5.13 Å². The van der Waals surface area contributed by atoms with E-state index in [0.29, 0.717) is 11.4 Å². The van der Waals surface area contributed by atoms with Crippen LogP contribution in [-0.4, -0.2) is 34.0 Å². The molecule has 0 unspecified atom stereocenters. The second kappa shape index (κ2) is 10.9. The van der Waals surface area contributed by atoms with Crippen LogP contribution in [0, 0.1) is 5.82 Å². The molecule has 0 saturated carbocycles. The van der Waals surface area contributed by atoms with Crippen LogP contribution in [0.25, 0.3) is 0 Å². The molecule has 2 amide bonds. The van der Waals surface area contributed by atoms with Crippen molar-refractivity contribution in [3.05, 3.63) is 82.8 Å². The molecular weight excluding hydrogens is 503 g/mol. The average molecular weight is 525 g/mol. The van der Waals surface area contributed by atoms with E-state index < -0.39 is 29.6 Å². The van der Waals surface area contributed by atoms with Crippen molar-refractivity contribution in [2.75, 3.05) is 16.0 Å². The molecule has 2 aromatic heterocycles. The van der Waals surface area contributed by atoms with Crippen molar-refractivity contribution < 1.29 is 28.0 Å². The summed E-state index contributed by atoms with van der Waals surface area (Å²) in [4.78, 5) is 42.7. The van der Waals surface area contributed by atoms with Gasteiger partial charge in [0.25, 0.3) is 0 Å². The quantitative estimate of drug-likeness (QED) is 0.276. The van der Waals surface area contributed by atoms with Crippen LogP contribution in [0.3, 0.4) is 0 Å². The molecule has 2 aromatic carbocycles. The maximum atomic E-state index is 13.4. The summed E-state index contributed by atoms with van der Waals surface area (Å²) in [6.07, 6.45) is -0.706. The number of amides is 2. The number of benzene rings is 2. The summed E-state index contributed by atoms with van der Waals surface area (Å²) in [5, 5.41) is 6.50. The van der Waals surface area contributed by atoms with E-state index in [0.717, 1.165) is 11.3 Å². The third kappa shape index (κ3) is 5.90. The number of ether oxygens (including phenoxy) is 1. The summed E-state index contributed by atoms with van der Waals surface area (Å²) in [5.74, 6) is -2.00. The number of hydrogen-bond donors (Lipinski definition) is 3. The summed E-state index contributed by atoms with van der Waals surface area (Å²) >= 11 is 0.900. The van der Waals surface area contributed by atoms with E-state index in [1.165, 1.54) is 35.2 Å². The molecule has 4 aromatic rings. The van der Waals surface area contributed by atoms with E-state index in [2.05, 4.69) is 15.5 Å². The number of anilines is 4. The molecule has 0 aliphatic heterocycles. The average Bonchev–Trinajstić information content (AvgIpc) is 3.51. The number of aromatic nitrogens is 2. The number of nitrogens with one attached hydrogen (secondary N) is 1. The van der Waals surface area contributed by atoms with Crippen molar-refractivity contribution in [1.82, 2.24) is 10.1 Å². The lowest BCUT2D eigenvalue weighted by Crippen LogP contribution is -2.39. The largest absolute Gasteiger partial charge is 0.443 e. The molecule has 37 heavy (non-hydrogen) atoms. The number of rotatable bonds is 9. The lowest BCUT2D eigenvalue weighted by molar-refractivity contribution is -0.118. The van der Waals surface area contributed by atoms with Crippen molar-refractivity contribution in [3.63, 3.8) is 0 Å².